The van der Waals surface area contributed by atoms with Crippen molar-refractivity contribution in [3.8, 4) is 11.6 Å². The number of benzene rings is 2. The Morgan fingerprint density at radius 3 is 2.44 bits per heavy atom. The molecule has 0 bridgehead atoms. The van der Waals surface area contributed by atoms with Crippen molar-refractivity contribution in [2.75, 3.05) is 38.3 Å². The topological polar surface area (TPSA) is 113 Å². The molecule has 1 aromatic heterocycles. The van der Waals surface area contributed by atoms with Crippen molar-refractivity contribution in [3.05, 3.63) is 80.4 Å². The number of ether oxygens (including phenoxy) is 2. The van der Waals surface area contributed by atoms with E-state index >= 15 is 0 Å². The highest BCUT2D eigenvalue weighted by atomic mass is 35.5. The van der Waals surface area contributed by atoms with E-state index in [-0.39, 0.29) is 63.0 Å². The smallest absolute Gasteiger partial charge is 0.247 e. The standard InChI is InChI=1S/C32H34Cl3N5O5/c1-19-11-25(34)31(26(35)12-19)45-10-9-44-29-8-6-23(15-38-29)40-27(16-37-17-30(40)42)32(43)39(22-4-5-22)18-21-13-20(3-7-24(21)33)14-28(41)36-2/h3,6-8,11-13,15,22,27,37H,4-5,9-10,14,16-18H2,1-2H3,(H,36,41)/t27-/m1/s1. The summed E-state index contributed by atoms with van der Waals surface area (Å²) in [5.41, 5.74) is 2.97. The van der Waals surface area contributed by atoms with Crippen molar-refractivity contribution in [2.45, 2.75) is 44.8 Å². The van der Waals surface area contributed by atoms with Gasteiger partial charge in [-0.05, 0) is 60.7 Å². The number of rotatable bonds is 12. The lowest BCUT2D eigenvalue weighted by atomic mass is 10.1. The van der Waals surface area contributed by atoms with Gasteiger partial charge in [0, 0.05) is 37.3 Å². The van der Waals surface area contributed by atoms with Crippen LogP contribution in [-0.2, 0) is 27.3 Å². The van der Waals surface area contributed by atoms with Crippen molar-refractivity contribution in [1.29, 1.82) is 0 Å². The lowest BCUT2D eigenvalue weighted by Gasteiger charge is -2.38. The summed E-state index contributed by atoms with van der Waals surface area (Å²) in [5.74, 6) is 0.187. The summed E-state index contributed by atoms with van der Waals surface area (Å²) in [4.78, 5) is 46.8. The molecule has 2 heterocycles. The number of nitrogens with zero attached hydrogens (tertiary/aromatic N) is 3. The molecule has 0 unspecified atom stereocenters. The minimum absolute atomic E-state index is 0.0517. The summed E-state index contributed by atoms with van der Waals surface area (Å²) >= 11 is 19.0. The van der Waals surface area contributed by atoms with Crippen molar-refractivity contribution in [1.82, 2.24) is 20.5 Å². The largest absolute Gasteiger partial charge is 0.487 e. The summed E-state index contributed by atoms with van der Waals surface area (Å²) in [6, 6.07) is 11.6. The number of aryl methyl sites for hydroxylation is 1. The van der Waals surface area contributed by atoms with Crippen LogP contribution in [-0.4, -0.2) is 73.0 Å². The fourth-order valence-corrected chi connectivity index (χ4v) is 6.07. The van der Waals surface area contributed by atoms with Crippen LogP contribution < -0.4 is 25.0 Å². The van der Waals surface area contributed by atoms with Gasteiger partial charge in [0.05, 0.1) is 34.9 Å². The Kier molecular flexibility index (Phi) is 10.7. The second-order valence-corrected chi connectivity index (χ2v) is 12.2. The van der Waals surface area contributed by atoms with Crippen LogP contribution in [0.5, 0.6) is 11.6 Å². The Balaban J connectivity index is 1.25. The molecular weight excluding hydrogens is 641 g/mol. The molecule has 2 aromatic carbocycles. The number of amides is 3. The van der Waals surface area contributed by atoms with Gasteiger partial charge < -0.3 is 25.0 Å². The zero-order valence-corrected chi connectivity index (χ0v) is 27.2. The summed E-state index contributed by atoms with van der Waals surface area (Å²) in [6.45, 7) is 2.92. The number of carbonyl (C=O) groups excluding carboxylic acids is 3. The van der Waals surface area contributed by atoms with E-state index in [0.29, 0.717) is 32.4 Å². The quantitative estimate of drug-likeness (QED) is 0.270. The van der Waals surface area contributed by atoms with Crippen molar-refractivity contribution in [2.24, 2.45) is 0 Å². The predicted octanol–water partition coefficient (Wildman–Crippen LogP) is 4.59. The molecule has 2 fully saturated rings. The fourth-order valence-electron chi connectivity index (χ4n) is 5.18. The van der Waals surface area contributed by atoms with Gasteiger partial charge in [0.1, 0.15) is 19.3 Å². The Hall–Kier alpha value is -3.57. The van der Waals surface area contributed by atoms with Crippen LogP contribution in [0.2, 0.25) is 15.1 Å². The number of carbonyl (C=O) groups is 3. The molecule has 238 valence electrons. The third-order valence-electron chi connectivity index (χ3n) is 7.57. The first-order chi connectivity index (χ1) is 21.6. The highest BCUT2D eigenvalue weighted by Gasteiger charge is 2.41. The highest BCUT2D eigenvalue weighted by molar-refractivity contribution is 6.37. The number of piperazine rings is 1. The van der Waals surface area contributed by atoms with Gasteiger partial charge in [-0.1, -0.05) is 46.9 Å². The number of aromatic nitrogens is 1. The molecule has 3 aromatic rings. The van der Waals surface area contributed by atoms with Crippen LogP contribution in [0, 0.1) is 6.92 Å². The molecule has 2 aliphatic rings. The summed E-state index contributed by atoms with van der Waals surface area (Å²) in [5, 5.41) is 7.05. The van der Waals surface area contributed by atoms with Gasteiger partial charge in [0.25, 0.3) is 0 Å². The summed E-state index contributed by atoms with van der Waals surface area (Å²) < 4.78 is 11.4. The molecular formula is C32H34Cl3N5O5. The fraction of sp³-hybridized carbons (Fsp3) is 0.375. The number of anilines is 1. The lowest BCUT2D eigenvalue weighted by Crippen LogP contribution is -2.61. The number of likely N-dealkylation sites (N-methyl/N-ethyl adjacent to an activating group) is 1. The van der Waals surface area contributed by atoms with Crippen molar-refractivity contribution >= 4 is 58.2 Å². The first-order valence-electron chi connectivity index (χ1n) is 14.6. The molecule has 1 saturated carbocycles. The van der Waals surface area contributed by atoms with E-state index < -0.39 is 6.04 Å². The molecule has 1 aliphatic carbocycles. The van der Waals surface area contributed by atoms with E-state index in [2.05, 4.69) is 15.6 Å². The molecule has 13 heteroatoms. The summed E-state index contributed by atoms with van der Waals surface area (Å²) in [7, 11) is 1.59. The number of halogens is 3. The molecule has 0 spiro atoms. The Morgan fingerprint density at radius 1 is 1.04 bits per heavy atom. The molecule has 2 N–H and O–H groups in total. The maximum absolute atomic E-state index is 14.1. The van der Waals surface area contributed by atoms with E-state index in [1.165, 1.54) is 11.1 Å². The Morgan fingerprint density at radius 2 is 1.78 bits per heavy atom. The molecule has 3 amide bonds. The second kappa shape index (κ2) is 14.7. The van der Waals surface area contributed by atoms with Gasteiger partial charge in [0.15, 0.2) is 5.75 Å². The molecule has 10 nitrogen and oxygen atoms in total. The third kappa shape index (κ3) is 8.18. The molecule has 1 atom stereocenters. The van der Waals surface area contributed by atoms with E-state index in [9.17, 15) is 14.4 Å². The number of hydrogen-bond acceptors (Lipinski definition) is 7. The van der Waals surface area contributed by atoms with Gasteiger partial charge in [-0.15, -0.1) is 0 Å². The molecule has 1 aliphatic heterocycles. The number of pyridine rings is 1. The first kappa shape index (κ1) is 32.8. The normalized spacial score (nSPS) is 16.3. The van der Waals surface area contributed by atoms with Gasteiger partial charge in [-0.3, -0.25) is 19.3 Å². The van der Waals surface area contributed by atoms with Crippen molar-refractivity contribution < 1.29 is 23.9 Å². The maximum Gasteiger partial charge on any atom is 0.247 e. The van der Waals surface area contributed by atoms with Crippen LogP contribution >= 0.6 is 34.8 Å². The molecule has 0 radical (unpaired) electrons. The van der Waals surface area contributed by atoms with Gasteiger partial charge in [-0.25, -0.2) is 4.98 Å². The predicted molar refractivity (Wildman–Crippen MR) is 173 cm³/mol. The lowest BCUT2D eigenvalue weighted by molar-refractivity contribution is -0.136. The van der Waals surface area contributed by atoms with Crippen LogP contribution in [0.15, 0.2) is 48.7 Å². The van der Waals surface area contributed by atoms with E-state index in [1.807, 2.05) is 13.0 Å². The third-order valence-corrected chi connectivity index (χ3v) is 8.50. The van der Waals surface area contributed by atoms with E-state index in [1.54, 1.807) is 48.3 Å². The molecule has 45 heavy (non-hydrogen) atoms. The number of nitrogens with one attached hydrogen (secondary N) is 2. The van der Waals surface area contributed by atoms with Crippen LogP contribution in [0.25, 0.3) is 0 Å². The van der Waals surface area contributed by atoms with Gasteiger partial charge in [0.2, 0.25) is 23.6 Å². The Labute approximate surface area is 276 Å². The monoisotopic (exact) mass is 673 g/mol. The average molecular weight is 675 g/mol. The van der Waals surface area contributed by atoms with Gasteiger partial charge >= 0.3 is 0 Å². The van der Waals surface area contributed by atoms with Gasteiger partial charge in [-0.2, -0.15) is 0 Å². The van der Waals surface area contributed by atoms with E-state index in [0.717, 1.165) is 29.5 Å². The van der Waals surface area contributed by atoms with Crippen molar-refractivity contribution in [3.63, 3.8) is 0 Å². The van der Waals surface area contributed by atoms with Crippen LogP contribution in [0.1, 0.15) is 29.5 Å². The molecule has 5 rings (SSSR count). The minimum atomic E-state index is -0.773. The second-order valence-electron chi connectivity index (χ2n) is 11.0. The van der Waals surface area contributed by atoms with Crippen LogP contribution in [0.3, 0.4) is 0 Å². The minimum Gasteiger partial charge on any atom is -0.487 e. The maximum atomic E-state index is 14.1. The zero-order valence-electron chi connectivity index (χ0n) is 24.9. The highest BCUT2D eigenvalue weighted by Crippen LogP contribution is 2.34. The first-order valence-corrected chi connectivity index (χ1v) is 15.8. The SMILES string of the molecule is CNC(=O)Cc1ccc(Cl)c(CN(C(=O)[C@H]2CNCC(=O)N2c2ccc(OCCOc3c(Cl)cc(C)cc3Cl)nc2)C2CC2)c1. The van der Waals surface area contributed by atoms with E-state index in [4.69, 9.17) is 44.3 Å². The van der Waals surface area contributed by atoms with Crippen LogP contribution in [0.4, 0.5) is 5.69 Å². The average Bonchev–Trinajstić information content (AvgIpc) is 3.86. The number of hydrogen-bond donors (Lipinski definition) is 2. The molecule has 1 saturated heterocycles. The zero-order chi connectivity index (χ0) is 32.1. The Bertz CT molecular complexity index is 1540. The summed E-state index contributed by atoms with van der Waals surface area (Å²) in [6.07, 6.45) is 3.47.